The minimum atomic E-state index is -1.23. The Kier molecular flexibility index (Phi) is 10.3. The number of carbonyl (C=O) groups excluding carboxylic acids is 3. The third-order valence-corrected chi connectivity index (χ3v) is 11.0. The second-order valence-corrected chi connectivity index (χ2v) is 16.0. The van der Waals surface area contributed by atoms with Crippen molar-refractivity contribution in [3.63, 3.8) is 0 Å². The van der Waals surface area contributed by atoms with Gasteiger partial charge < -0.3 is 24.5 Å². The second kappa shape index (κ2) is 13.9. The molecule has 5 rings (SSSR count). The molecule has 3 heterocycles. The first-order valence-corrected chi connectivity index (χ1v) is 17.8. The minimum absolute atomic E-state index is 0.0890. The van der Waals surface area contributed by atoms with Crippen LogP contribution in [0.1, 0.15) is 72.8 Å². The van der Waals surface area contributed by atoms with Crippen molar-refractivity contribution in [2.75, 3.05) is 24.6 Å². The lowest BCUT2D eigenvalue weighted by Gasteiger charge is -2.46. The SMILES string of the molecule is C=CCN(C(=O)[C@@H]1[C@H]2C(=O)N([C@@H](CO)Cc3ccccc3)C(C(=O)N(CC=C)C(C)(C)CC(C)(C)C)C23CC[C@@]1(CC)O3)c1ccccc1. The number of likely N-dealkylation sites (tertiary alicyclic amines) is 1. The van der Waals surface area contributed by atoms with Crippen molar-refractivity contribution in [2.24, 2.45) is 17.3 Å². The molecule has 0 radical (unpaired) electrons. The number of hydrogen-bond acceptors (Lipinski definition) is 5. The molecule has 49 heavy (non-hydrogen) atoms. The van der Waals surface area contributed by atoms with Gasteiger partial charge in [-0.05, 0) is 69.1 Å². The predicted octanol–water partition coefficient (Wildman–Crippen LogP) is 6.19. The maximum Gasteiger partial charge on any atom is 0.249 e. The van der Waals surface area contributed by atoms with Crippen LogP contribution in [0.5, 0.6) is 0 Å². The van der Waals surface area contributed by atoms with E-state index in [1.807, 2.05) is 72.5 Å². The second-order valence-electron chi connectivity index (χ2n) is 16.0. The molecule has 6 atom stereocenters. The number of ether oxygens (including phenoxy) is 1. The Morgan fingerprint density at radius 1 is 0.980 bits per heavy atom. The fourth-order valence-corrected chi connectivity index (χ4v) is 9.37. The van der Waals surface area contributed by atoms with Crippen molar-refractivity contribution in [1.29, 1.82) is 0 Å². The van der Waals surface area contributed by atoms with Gasteiger partial charge in [-0.3, -0.25) is 14.4 Å². The quantitative estimate of drug-likeness (QED) is 0.242. The highest BCUT2D eigenvalue weighted by Crippen LogP contribution is 2.65. The molecular weight excluding hydrogens is 614 g/mol. The van der Waals surface area contributed by atoms with Crippen molar-refractivity contribution in [3.8, 4) is 0 Å². The van der Waals surface area contributed by atoms with Gasteiger partial charge in [-0.2, -0.15) is 0 Å². The van der Waals surface area contributed by atoms with Crippen LogP contribution in [0.25, 0.3) is 0 Å². The molecule has 8 nitrogen and oxygen atoms in total. The van der Waals surface area contributed by atoms with E-state index in [4.69, 9.17) is 4.74 Å². The van der Waals surface area contributed by atoms with Crippen LogP contribution in [-0.2, 0) is 25.5 Å². The summed E-state index contributed by atoms with van der Waals surface area (Å²) >= 11 is 0. The summed E-state index contributed by atoms with van der Waals surface area (Å²) in [7, 11) is 0. The number of para-hydroxylation sites is 1. The van der Waals surface area contributed by atoms with Gasteiger partial charge in [0.2, 0.25) is 17.7 Å². The molecule has 1 spiro atoms. The Balaban J connectivity index is 1.67. The summed E-state index contributed by atoms with van der Waals surface area (Å²) in [5.74, 6) is -2.45. The number of fused-ring (bicyclic) bond motifs is 1. The maximum atomic E-state index is 15.4. The number of aliphatic hydroxyl groups is 1. The molecular formula is C41H55N3O5. The summed E-state index contributed by atoms with van der Waals surface area (Å²) in [6.07, 6.45) is 6.01. The molecule has 2 aromatic carbocycles. The molecule has 1 N–H and O–H groups in total. The minimum Gasteiger partial charge on any atom is -0.394 e. The predicted molar refractivity (Wildman–Crippen MR) is 194 cm³/mol. The lowest BCUT2D eigenvalue weighted by Crippen LogP contribution is -2.62. The Hall–Kier alpha value is -3.75. The average molecular weight is 670 g/mol. The summed E-state index contributed by atoms with van der Waals surface area (Å²) < 4.78 is 7.15. The number of rotatable bonds is 14. The highest BCUT2D eigenvalue weighted by atomic mass is 16.5. The summed E-state index contributed by atoms with van der Waals surface area (Å²) in [6, 6.07) is 17.4. The molecule has 8 heteroatoms. The zero-order chi connectivity index (χ0) is 35.8. The van der Waals surface area contributed by atoms with Gasteiger partial charge >= 0.3 is 0 Å². The topological polar surface area (TPSA) is 90.4 Å². The molecule has 3 amide bonds. The third-order valence-electron chi connectivity index (χ3n) is 11.0. The van der Waals surface area contributed by atoms with E-state index in [2.05, 4.69) is 47.8 Å². The largest absolute Gasteiger partial charge is 0.394 e. The monoisotopic (exact) mass is 669 g/mol. The van der Waals surface area contributed by atoms with Gasteiger partial charge in [-0.15, -0.1) is 13.2 Å². The number of anilines is 1. The van der Waals surface area contributed by atoms with Crippen LogP contribution in [0, 0.1) is 17.3 Å². The van der Waals surface area contributed by atoms with Crippen molar-refractivity contribution in [3.05, 3.63) is 91.5 Å². The van der Waals surface area contributed by atoms with Gasteiger partial charge in [0.1, 0.15) is 11.6 Å². The van der Waals surface area contributed by atoms with Crippen molar-refractivity contribution in [2.45, 2.75) is 102 Å². The van der Waals surface area contributed by atoms with Gasteiger partial charge in [0, 0.05) is 24.3 Å². The first-order valence-electron chi connectivity index (χ1n) is 17.8. The van der Waals surface area contributed by atoms with E-state index in [0.717, 1.165) is 5.56 Å². The number of carbonyl (C=O) groups is 3. The van der Waals surface area contributed by atoms with E-state index in [9.17, 15) is 9.90 Å². The number of aliphatic hydroxyl groups excluding tert-OH is 1. The van der Waals surface area contributed by atoms with Crippen molar-refractivity contribution in [1.82, 2.24) is 9.80 Å². The smallest absolute Gasteiger partial charge is 0.249 e. The molecule has 2 bridgehead atoms. The van der Waals surface area contributed by atoms with Crippen LogP contribution >= 0.6 is 0 Å². The van der Waals surface area contributed by atoms with E-state index in [1.54, 1.807) is 22.0 Å². The van der Waals surface area contributed by atoms with E-state index >= 15 is 9.59 Å². The van der Waals surface area contributed by atoms with Crippen LogP contribution < -0.4 is 4.90 Å². The van der Waals surface area contributed by atoms with Crippen LogP contribution in [0.3, 0.4) is 0 Å². The first-order chi connectivity index (χ1) is 23.2. The molecule has 2 unspecified atom stereocenters. The van der Waals surface area contributed by atoms with Crippen LogP contribution in [-0.4, -0.2) is 81.1 Å². The molecule has 3 aliphatic rings. The number of hydrogen-bond donors (Lipinski definition) is 1. The fraction of sp³-hybridized carbons (Fsp3) is 0.537. The lowest BCUT2D eigenvalue weighted by molar-refractivity contribution is -0.160. The average Bonchev–Trinajstić information content (AvgIpc) is 3.67. The van der Waals surface area contributed by atoms with Crippen LogP contribution in [0.15, 0.2) is 86.0 Å². The van der Waals surface area contributed by atoms with Crippen LogP contribution in [0.2, 0.25) is 0 Å². The summed E-state index contributed by atoms with van der Waals surface area (Å²) in [5, 5.41) is 11.0. The van der Waals surface area contributed by atoms with Crippen molar-refractivity contribution >= 4 is 23.4 Å². The van der Waals surface area contributed by atoms with Gasteiger partial charge in [0.15, 0.2) is 0 Å². The Labute approximate surface area is 292 Å². The molecule has 0 aliphatic carbocycles. The van der Waals surface area contributed by atoms with Gasteiger partial charge in [0.25, 0.3) is 0 Å². The van der Waals surface area contributed by atoms with Crippen molar-refractivity contribution < 1.29 is 24.2 Å². The third kappa shape index (κ3) is 6.50. The molecule has 0 aromatic heterocycles. The highest BCUT2D eigenvalue weighted by molar-refractivity contribution is 6.03. The Bertz CT molecular complexity index is 1540. The normalized spacial score (nSPS) is 26.7. The van der Waals surface area contributed by atoms with Gasteiger partial charge in [-0.25, -0.2) is 0 Å². The molecule has 2 aromatic rings. The number of nitrogens with zero attached hydrogens (tertiary/aromatic N) is 3. The Morgan fingerprint density at radius 3 is 2.14 bits per heavy atom. The van der Waals surface area contributed by atoms with E-state index in [-0.39, 0.29) is 42.8 Å². The molecule has 3 aliphatic heterocycles. The summed E-state index contributed by atoms with van der Waals surface area (Å²) in [6.45, 7) is 20.7. The van der Waals surface area contributed by atoms with E-state index in [1.165, 1.54) is 0 Å². The number of benzene rings is 2. The fourth-order valence-electron chi connectivity index (χ4n) is 9.37. The Morgan fingerprint density at radius 2 is 1.59 bits per heavy atom. The van der Waals surface area contributed by atoms with Gasteiger partial charge in [-0.1, -0.05) is 88.4 Å². The lowest BCUT2D eigenvalue weighted by atomic mass is 9.64. The molecule has 0 saturated carbocycles. The van der Waals surface area contributed by atoms with E-state index < -0.39 is 40.7 Å². The van der Waals surface area contributed by atoms with Gasteiger partial charge in [0.05, 0.1) is 30.1 Å². The summed E-state index contributed by atoms with van der Waals surface area (Å²) in [5.41, 5.74) is -1.17. The number of amides is 3. The maximum absolute atomic E-state index is 15.4. The molecule has 264 valence electrons. The standard InChI is InChI=1S/C41H55N3O5/c1-9-24-42(30-20-16-13-17-21-30)35(46)32-33-36(47)44(31(27-45)26-29-18-14-12-15-19-29)34(41(33)23-22-40(32,11-3)49-41)37(48)43(25-10-2)39(7,8)28-38(4,5)6/h9-10,12-21,31-34,45H,1-2,11,22-28H2,3-8H3/t31-,32+,33+,34?,40-,41?/m1/s1. The molecule has 3 saturated heterocycles. The highest BCUT2D eigenvalue weighted by Gasteiger charge is 2.79. The molecule has 3 fully saturated rings. The zero-order valence-corrected chi connectivity index (χ0v) is 30.2. The zero-order valence-electron chi connectivity index (χ0n) is 30.2. The van der Waals surface area contributed by atoms with E-state index in [0.29, 0.717) is 37.8 Å². The van der Waals surface area contributed by atoms with Crippen LogP contribution in [0.4, 0.5) is 5.69 Å². The first kappa shape index (κ1) is 36.5. The summed E-state index contributed by atoms with van der Waals surface area (Å²) in [4.78, 5) is 50.6.